The number of halogens is 6. The lowest BCUT2D eigenvalue weighted by molar-refractivity contribution is -0.288. The van der Waals surface area contributed by atoms with Crippen LogP contribution in [0.2, 0.25) is 0 Å². The van der Waals surface area contributed by atoms with Crippen molar-refractivity contribution in [3.05, 3.63) is 108 Å². The molecular formula is C23H14F6N4O2. The van der Waals surface area contributed by atoms with Crippen molar-refractivity contribution in [1.29, 1.82) is 0 Å². The van der Waals surface area contributed by atoms with Gasteiger partial charge in [-0.2, -0.15) is 26.3 Å². The van der Waals surface area contributed by atoms with Crippen molar-refractivity contribution < 1.29 is 35.9 Å². The van der Waals surface area contributed by atoms with E-state index in [2.05, 4.69) is 9.97 Å². The van der Waals surface area contributed by atoms with E-state index in [1.807, 2.05) is 0 Å². The number of aromatic nitrogens is 4. The van der Waals surface area contributed by atoms with Crippen LogP contribution in [0.1, 0.15) is 31.8 Å². The van der Waals surface area contributed by atoms with Gasteiger partial charge in [0.1, 0.15) is 12.7 Å². The first kappa shape index (κ1) is 23.9. The van der Waals surface area contributed by atoms with E-state index < -0.39 is 40.7 Å². The number of benzene rings is 2. The van der Waals surface area contributed by atoms with Gasteiger partial charge in [0.15, 0.2) is 0 Å². The Balaban J connectivity index is 1.82. The van der Waals surface area contributed by atoms with Crippen LogP contribution in [-0.4, -0.2) is 43.3 Å². The maximum Gasteiger partial charge on any atom is 0.411 e. The van der Waals surface area contributed by atoms with Gasteiger partial charge in [0.25, 0.3) is 11.8 Å². The summed E-state index contributed by atoms with van der Waals surface area (Å²) in [7, 11) is 0. The molecule has 0 aliphatic carbocycles. The highest BCUT2D eigenvalue weighted by molar-refractivity contribution is 5.96. The number of carbonyl (C=O) groups excluding carboxylic acids is 2. The van der Waals surface area contributed by atoms with Crippen molar-refractivity contribution in [3.8, 4) is 0 Å². The quantitative estimate of drug-likeness (QED) is 0.382. The minimum atomic E-state index is -5.81. The highest BCUT2D eigenvalue weighted by Crippen LogP contribution is 2.56. The SMILES string of the molecule is O=C(c1ccc(C(c2ccc(C(=O)n3ccnc3)cc2)(C(F)(F)F)C(F)(F)F)cc1)n1ccnc1. The number of imidazole rings is 2. The van der Waals surface area contributed by atoms with Crippen LogP contribution in [0.3, 0.4) is 0 Å². The number of hydrogen-bond donors (Lipinski definition) is 0. The highest BCUT2D eigenvalue weighted by atomic mass is 19.4. The van der Waals surface area contributed by atoms with Crippen LogP contribution >= 0.6 is 0 Å². The summed E-state index contributed by atoms with van der Waals surface area (Å²) in [6, 6.07) is 6.04. The van der Waals surface area contributed by atoms with Crippen molar-refractivity contribution in [3.63, 3.8) is 0 Å². The van der Waals surface area contributed by atoms with Gasteiger partial charge < -0.3 is 0 Å². The lowest BCUT2D eigenvalue weighted by Crippen LogP contribution is -2.54. The van der Waals surface area contributed by atoms with E-state index >= 15 is 0 Å². The third-order valence-corrected chi connectivity index (χ3v) is 5.46. The van der Waals surface area contributed by atoms with E-state index in [1.54, 1.807) is 0 Å². The second-order valence-electron chi connectivity index (χ2n) is 7.45. The van der Waals surface area contributed by atoms with E-state index in [0.29, 0.717) is 24.3 Å². The minimum Gasteiger partial charge on any atom is -0.272 e. The van der Waals surface area contributed by atoms with Gasteiger partial charge >= 0.3 is 12.4 Å². The Kier molecular flexibility index (Phi) is 5.83. The van der Waals surface area contributed by atoms with Gasteiger partial charge in [0.05, 0.1) is 0 Å². The summed E-state index contributed by atoms with van der Waals surface area (Å²) in [5.74, 6) is -1.36. The first-order valence-corrected chi connectivity index (χ1v) is 9.86. The fourth-order valence-electron chi connectivity index (χ4n) is 3.76. The minimum absolute atomic E-state index is 0.133. The number of alkyl halides is 6. The van der Waals surface area contributed by atoms with E-state index in [4.69, 9.17) is 0 Å². The zero-order chi connectivity index (χ0) is 25.4. The molecule has 0 amide bonds. The molecule has 0 N–H and O–H groups in total. The zero-order valence-corrected chi connectivity index (χ0v) is 17.5. The molecule has 0 bridgehead atoms. The normalized spacial score (nSPS) is 12.5. The monoisotopic (exact) mass is 492 g/mol. The number of carbonyl (C=O) groups is 2. The Morgan fingerprint density at radius 2 is 0.943 bits per heavy atom. The lowest BCUT2D eigenvalue weighted by atomic mass is 9.72. The topological polar surface area (TPSA) is 69.8 Å². The van der Waals surface area contributed by atoms with Crippen molar-refractivity contribution in [1.82, 2.24) is 19.1 Å². The average Bonchev–Trinajstić information content (AvgIpc) is 3.52. The number of rotatable bonds is 4. The van der Waals surface area contributed by atoms with E-state index in [9.17, 15) is 35.9 Å². The Morgan fingerprint density at radius 3 is 1.20 bits per heavy atom. The molecule has 35 heavy (non-hydrogen) atoms. The van der Waals surface area contributed by atoms with Crippen molar-refractivity contribution >= 4 is 11.8 Å². The summed E-state index contributed by atoms with van der Waals surface area (Å²) in [6.45, 7) is 0. The molecule has 0 aliphatic rings. The molecule has 6 nitrogen and oxygen atoms in total. The van der Waals surface area contributed by atoms with E-state index in [1.165, 1.54) is 24.8 Å². The van der Waals surface area contributed by atoms with Crippen LogP contribution in [0.15, 0.2) is 86.0 Å². The molecular weight excluding hydrogens is 478 g/mol. The Hall–Kier alpha value is -4.22. The summed E-state index contributed by atoms with van der Waals surface area (Å²) in [5, 5.41) is 0. The molecule has 2 aromatic heterocycles. The van der Waals surface area contributed by atoms with Crippen LogP contribution < -0.4 is 0 Å². The van der Waals surface area contributed by atoms with Crippen LogP contribution in [0.25, 0.3) is 0 Å². The summed E-state index contributed by atoms with van der Waals surface area (Å²) in [4.78, 5) is 32.1. The molecule has 180 valence electrons. The van der Waals surface area contributed by atoms with Gasteiger partial charge in [0.2, 0.25) is 5.41 Å². The lowest BCUT2D eigenvalue weighted by Gasteiger charge is -2.38. The van der Waals surface area contributed by atoms with Gasteiger partial charge in [-0.05, 0) is 35.4 Å². The second-order valence-corrected chi connectivity index (χ2v) is 7.45. The van der Waals surface area contributed by atoms with Crippen molar-refractivity contribution in [2.75, 3.05) is 0 Å². The first-order valence-electron chi connectivity index (χ1n) is 9.86. The zero-order valence-electron chi connectivity index (χ0n) is 17.5. The standard InChI is InChI=1S/C23H14F6N4O2/c24-22(25,26)21(23(27,28)29,17-5-1-15(2-6-17)19(34)32-11-9-30-13-32)18-7-3-16(4-8-18)20(35)33-12-10-31-14-33/h1-14H. The van der Waals surface area contributed by atoms with Gasteiger partial charge in [-0.25, -0.2) is 9.97 Å². The average molecular weight is 492 g/mol. The number of hydrogen-bond acceptors (Lipinski definition) is 4. The van der Waals surface area contributed by atoms with Crippen LogP contribution in [0, 0.1) is 0 Å². The number of nitrogens with zero attached hydrogens (tertiary/aromatic N) is 4. The van der Waals surface area contributed by atoms with E-state index in [0.717, 1.165) is 46.1 Å². The molecule has 0 radical (unpaired) electrons. The molecule has 0 saturated carbocycles. The van der Waals surface area contributed by atoms with Crippen LogP contribution in [0.5, 0.6) is 0 Å². The van der Waals surface area contributed by atoms with E-state index in [-0.39, 0.29) is 11.1 Å². The maximum absolute atomic E-state index is 14.3. The van der Waals surface area contributed by atoms with Crippen LogP contribution in [-0.2, 0) is 5.41 Å². The molecule has 4 aromatic rings. The third kappa shape index (κ3) is 4.00. The first-order chi connectivity index (χ1) is 16.5. The molecule has 4 rings (SSSR count). The van der Waals surface area contributed by atoms with Crippen LogP contribution in [0.4, 0.5) is 26.3 Å². The van der Waals surface area contributed by atoms with Gasteiger partial charge in [0, 0.05) is 35.9 Å². The molecule has 12 heteroatoms. The van der Waals surface area contributed by atoms with Crippen molar-refractivity contribution in [2.45, 2.75) is 17.8 Å². The Bertz CT molecular complexity index is 1220. The summed E-state index contributed by atoms with van der Waals surface area (Å²) < 4.78 is 88.0. The molecule has 2 heterocycles. The summed E-state index contributed by atoms with van der Waals surface area (Å²) in [6.07, 6.45) is -4.14. The molecule has 0 fully saturated rings. The second kappa shape index (κ2) is 8.53. The van der Waals surface area contributed by atoms with Gasteiger partial charge in [-0.1, -0.05) is 24.3 Å². The molecule has 0 atom stereocenters. The maximum atomic E-state index is 14.3. The smallest absolute Gasteiger partial charge is 0.272 e. The Labute approximate surface area is 193 Å². The molecule has 0 saturated heterocycles. The molecule has 0 spiro atoms. The van der Waals surface area contributed by atoms with Gasteiger partial charge in [-0.15, -0.1) is 0 Å². The largest absolute Gasteiger partial charge is 0.411 e. The molecule has 0 aliphatic heterocycles. The molecule has 2 aromatic carbocycles. The highest BCUT2D eigenvalue weighted by Gasteiger charge is 2.72. The fraction of sp³-hybridized carbons (Fsp3) is 0.130. The molecule has 0 unspecified atom stereocenters. The predicted octanol–water partition coefficient (Wildman–Crippen LogP) is 4.87. The third-order valence-electron chi connectivity index (χ3n) is 5.46. The Morgan fingerprint density at radius 1 is 0.600 bits per heavy atom. The summed E-state index contributed by atoms with van der Waals surface area (Å²) in [5.41, 5.74) is -6.94. The van der Waals surface area contributed by atoms with Crippen molar-refractivity contribution in [2.24, 2.45) is 0 Å². The van der Waals surface area contributed by atoms with Gasteiger partial charge in [-0.3, -0.25) is 18.7 Å². The predicted molar refractivity (Wildman–Crippen MR) is 110 cm³/mol. The summed E-state index contributed by atoms with van der Waals surface area (Å²) >= 11 is 0. The fourth-order valence-corrected chi connectivity index (χ4v) is 3.76.